The number of amides is 1. The van der Waals surface area contributed by atoms with Crippen LogP contribution in [0.4, 0.5) is 4.39 Å². The van der Waals surface area contributed by atoms with Crippen LogP contribution >= 0.6 is 0 Å². The molecule has 0 bridgehead atoms. The Balaban J connectivity index is 0.00000140. The molecule has 200 valence electrons. The highest BCUT2D eigenvalue weighted by Gasteiger charge is 2.30. The van der Waals surface area contributed by atoms with E-state index in [0.717, 1.165) is 36.2 Å². The van der Waals surface area contributed by atoms with Crippen molar-refractivity contribution in [2.45, 2.75) is 94.2 Å². The summed E-state index contributed by atoms with van der Waals surface area (Å²) in [4.78, 5) is 19.3. The number of halogens is 1. The van der Waals surface area contributed by atoms with Crippen LogP contribution in [-0.4, -0.2) is 26.9 Å². The molecule has 0 N–H and O–H groups in total. The summed E-state index contributed by atoms with van der Waals surface area (Å²) in [5.41, 5.74) is 4.11. The first kappa shape index (κ1) is 33.0. The summed E-state index contributed by atoms with van der Waals surface area (Å²) in [5.74, 6) is -0.144. The minimum atomic E-state index is -0.244. The molecule has 2 aromatic carbocycles. The Morgan fingerprint density at radius 2 is 1.58 bits per heavy atom. The molecule has 3 aromatic rings. The van der Waals surface area contributed by atoms with Gasteiger partial charge < -0.3 is 9.47 Å². The van der Waals surface area contributed by atoms with Crippen molar-refractivity contribution >= 4 is 5.91 Å². The fraction of sp³-hybridized carbons (Fsp3) is 0.484. The van der Waals surface area contributed by atoms with Gasteiger partial charge in [-0.25, -0.2) is 9.37 Å². The van der Waals surface area contributed by atoms with Crippen molar-refractivity contribution in [3.05, 3.63) is 89.3 Å². The number of aryl methyl sites for hydroxylation is 1. The van der Waals surface area contributed by atoms with Gasteiger partial charge in [0.05, 0.1) is 24.5 Å². The van der Waals surface area contributed by atoms with Crippen molar-refractivity contribution in [3.8, 4) is 0 Å². The standard InChI is InChI=1S/C23H24FN3O.4C2H6/c1-17-5-2-7-19(11-17)22-9-4-10-26(23(22)28)15-21-13-25-16-27(21)14-18-6-3-8-20(24)12-18;4*1-2/h2-3,5-8,11-13,16,22H,4,9-10,14-15H2,1H3;4*1-2H3. The van der Waals surface area contributed by atoms with Crippen molar-refractivity contribution in [1.29, 1.82) is 0 Å². The Morgan fingerprint density at radius 3 is 2.22 bits per heavy atom. The molecule has 1 unspecified atom stereocenters. The van der Waals surface area contributed by atoms with E-state index in [1.165, 1.54) is 17.7 Å². The molecule has 0 radical (unpaired) electrons. The summed E-state index contributed by atoms with van der Waals surface area (Å²) >= 11 is 0. The molecule has 1 amide bonds. The van der Waals surface area contributed by atoms with Gasteiger partial charge in [-0.2, -0.15) is 0 Å². The van der Waals surface area contributed by atoms with Crippen molar-refractivity contribution in [3.63, 3.8) is 0 Å². The van der Waals surface area contributed by atoms with Crippen molar-refractivity contribution in [1.82, 2.24) is 14.5 Å². The maximum Gasteiger partial charge on any atom is 0.230 e. The van der Waals surface area contributed by atoms with Gasteiger partial charge in [0.25, 0.3) is 0 Å². The Bertz CT molecular complexity index is 983. The third-order valence-electron chi connectivity index (χ3n) is 5.37. The molecule has 0 aliphatic carbocycles. The predicted molar refractivity (Wildman–Crippen MR) is 152 cm³/mol. The lowest BCUT2D eigenvalue weighted by atomic mass is 9.89. The number of piperidine rings is 1. The number of rotatable bonds is 5. The molecule has 5 heteroatoms. The summed E-state index contributed by atoms with van der Waals surface area (Å²) in [5, 5.41) is 0. The quantitative estimate of drug-likeness (QED) is 0.355. The van der Waals surface area contributed by atoms with E-state index < -0.39 is 0 Å². The van der Waals surface area contributed by atoms with E-state index in [-0.39, 0.29) is 17.6 Å². The second kappa shape index (κ2) is 19.3. The lowest BCUT2D eigenvalue weighted by Crippen LogP contribution is -2.40. The van der Waals surface area contributed by atoms with Crippen molar-refractivity contribution in [2.24, 2.45) is 0 Å². The van der Waals surface area contributed by atoms with Gasteiger partial charge in [-0.1, -0.05) is 97.4 Å². The van der Waals surface area contributed by atoms with E-state index in [2.05, 4.69) is 24.0 Å². The van der Waals surface area contributed by atoms with Crippen LogP contribution in [0.15, 0.2) is 61.1 Å². The molecule has 4 rings (SSSR count). The van der Waals surface area contributed by atoms with Gasteiger partial charge in [0, 0.05) is 19.3 Å². The molecule has 36 heavy (non-hydrogen) atoms. The number of nitrogens with zero attached hydrogens (tertiary/aromatic N) is 3. The van der Waals surface area contributed by atoms with E-state index in [0.29, 0.717) is 13.1 Å². The summed E-state index contributed by atoms with van der Waals surface area (Å²) in [7, 11) is 0. The van der Waals surface area contributed by atoms with E-state index in [1.807, 2.05) is 83.1 Å². The van der Waals surface area contributed by atoms with Crippen LogP contribution in [0.3, 0.4) is 0 Å². The third kappa shape index (κ3) is 9.96. The zero-order valence-electron chi connectivity index (χ0n) is 24.0. The molecule has 2 heterocycles. The van der Waals surface area contributed by atoms with Gasteiger partial charge in [0.2, 0.25) is 5.91 Å². The van der Waals surface area contributed by atoms with E-state index in [1.54, 1.807) is 18.6 Å². The molecule has 0 spiro atoms. The monoisotopic (exact) mass is 497 g/mol. The van der Waals surface area contributed by atoms with Gasteiger partial charge >= 0.3 is 0 Å². The van der Waals surface area contributed by atoms with E-state index in [9.17, 15) is 9.18 Å². The molecular weight excluding hydrogens is 449 g/mol. The van der Waals surface area contributed by atoms with Crippen LogP contribution in [0.2, 0.25) is 0 Å². The Morgan fingerprint density at radius 1 is 0.917 bits per heavy atom. The number of benzene rings is 2. The number of carbonyl (C=O) groups is 1. The molecule has 1 saturated heterocycles. The maximum atomic E-state index is 13.5. The number of aromatic nitrogens is 2. The SMILES string of the molecule is CC.CC.CC.CC.Cc1cccc(C2CCCN(Cc3cncn3Cc3cccc(F)c3)C2=O)c1. The molecule has 1 aromatic heterocycles. The van der Waals surface area contributed by atoms with Crippen LogP contribution in [-0.2, 0) is 17.9 Å². The van der Waals surface area contributed by atoms with Crippen LogP contribution in [0.25, 0.3) is 0 Å². The zero-order valence-corrected chi connectivity index (χ0v) is 24.0. The molecule has 1 aliphatic heterocycles. The number of carbonyl (C=O) groups excluding carboxylic acids is 1. The average molecular weight is 498 g/mol. The second-order valence-electron chi connectivity index (χ2n) is 7.51. The van der Waals surface area contributed by atoms with Gasteiger partial charge in [0.15, 0.2) is 0 Å². The largest absolute Gasteiger partial charge is 0.336 e. The normalized spacial score (nSPS) is 14.0. The molecule has 4 nitrogen and oxygen atoms in total. The summed E-state index contributed by atoms with van der Waals surface area (Å²) in [6.45, 7) is 19.9. The van der Waals surface area contributed by atoms with Crippen LogP contribution in [0.1, 0.15) is 96.5 Å². The van der Waals surface area contributed by atoms with Gasteiger partial charge in [-0.3, -0.25) is 4.79 Å². The minimum absolute atomic E-state index is 0.0757. The fourth-order valence-corrected chi connectivity index (χ4v) is 3.94. The van der Waals surface area contributed by atoms with Gasteiger partial charge in [-0.05, 0) is 43.0 Å². The second-order valence-corrected chi connectivity index (χ2v) is 7.51. The van der Waals surface area contributed by atoms with Gasteiger partial charge in [-0.15, -0.1) is 0 Å². The predicted octanol–water partition coefficient (Wildman–Crippen LogP) is 8.39. The van der Waals surface area contributed by atoms with Crippen LogP contribution in [0, 0.1) is 12.7 Å². The summed E-state index contributed by atoms with van der Waals surface area (Å²) in [6, 6.07) is 14.8. The molecule has 1 aliphatic rings. The highest BCUT2D eigenvalue weighted by atomic mass is 19.1. The van der Waals surface area contributed by atoms with Crippen molar-refractivity contribution < 1.29 is 9.18 Å². The summed E-state index contributed by atoms with van der Waals surface area (Å²) < 4.78 is 15.5. The highest BCUT2D eigenvalue weighted by Crippen LogP contribution is 2.29. The smallest absolute Gasteiger partial charge is 0.230 e. The average Bonchev–Trinajstić information content (AvgIpc) is 3.36. The first-order valence-electron chi connectivity index (χ1n) is 13.7. The zero-order chi connectivity index (χ0) is 27.5. The molecule has 1 fully saturated rings. The van der Waals surface area contributed by atoms with Crippen molar-refractivity contribution in [2.75, 3.05) is 6.54 Å². The first-order chi connectivity index (χ1) is 17.6. The van der Waals surface area contributed by atoms with E-state index >= 15 is 0 Å². The molecule has 0 saturated carbocycles. The topological polar surface area (TPSA) is 38.1 Å². The van der Waals surface area contributed by atoms with Crippen LogP contribution in [0.5, 0.6) is 0 Å². The number of likely N-dealkylation sites (tertiary alicyclic amines) is 1. The Kier molecular flexibility index (Phi) is 17.7. The number of hydrogen-bond acceptors (Lipinski definition) is 2. The summed E-state index contributed by atoms with van der Waals surface area (Å²) in [6.07, 6.45) is 5.42. The Hall–Kier alpha value is -2.95. The Labute approximate surface area is 219 Å². The minimum Gasteiger partial charge on any atom is -0.336 e. The first-order valence-corrected chi connectivity index (χ1v) is 13.7. The van der Waals surface area contributed by atoms with E-state index in [4.69, 9.17) is 0 Å². The molecular formula is C31H48FN3O. The lowest BCUT2D eigenvalue weighted by molar-refractivity contribution is -0.136. The highest BCUT2D eigenvalue weighted by molar-refractivity contribution is 5.84. The number of hydrogen-bond donors (Lipinski definition) is 0. The van der Waals surface area contributed by atoms with Crippen LogP contribution < -0.4 is 0 Å². The molecule has 1 atom stereocenters. The van der Waals surface area contributed by atoms with Gasteiger partial charge in [0.1, 0.15) is 5.82 Å². The lowest BCUT2D eigenvalue weighted by Gasteiger charge is -2.32. The fourth-order valence-electron chi connectivity index (χ4n) is 3.94. The number of imidazole rings is 1. The maximum absolute atomic E-state index is 13.5. The third-order valence-corrected chi connectivity index (χ3v) is 5.37.